The van der Waals surface area contributed by atoms with Crippen molar-refractivity contribution < 1.29 is 58.4 Å². The van der Waals surface area contributed by atoms with Crippen LogP contribution in [0.4, 0.5) is 0 Å². The van der Waals surface area contributed by atoms with Gasteiger partial charge in [-0.3, -0.25) is 33.6 Å². The number of hydrogen-bond acceptors (Lipinski definition) is 12. The molecule has 14 heteroatoms. The van der Waals surface area contributed by atoms with Crippen LogP contribution in [0.25, 0.3) is 0 Å². The van der Waals surface area contributed by atoms with Crippen LogP contribution < -0.4 is 10.6 Å². The number of nitrogens with one attached hydrogen (secondary N) is 2. The Hall–Kier alpha value is -4.21. The van der Waals surface area contributed by atoms with E-state index in [-0.39, 0.29) is 66.5 Å². The summed E-state index contributed by atoms with van der Waals surface area (Å²) in [5, 5.41) is 46.7. The van der Waals surface area contributed by atoms with Crippen LogP contribution in [0.2, 0.25) is 0 Å². The maximum atomic E-state index is 17.2. The largest absolute Gasteiger partial charge is 0.390 e. The lowest BCUT2D eigenvalue weighted by atomic mass is 9.44. The molecule has 71 heavy (non-hydrogen) atoms. The average Bonchev–Trinajstić information content (AvgIpc) is 4.04. The van der Waals surface area contributed by atoms with Gasteiger partial charge in [-0.25, -0.2) is 0 Å². The highest BCUT2D eigenvalue weighted by Crippen LogP contribution is 2.80. The van der Waals surface area contributed by atoms with E-state index in [1.807, 2.05) is 72.8 Å². The average molecular weight is 977 g/mol. The lowest BCUT2D eigenvalue weighted by Gasteiger charge is -2.62. The van der Waals surface area contributed by atoms with Gasteiger partial charge in [0.25, 0.3) is 0 Å². The van der Waals surface area contributed by atoms with Gasteiger partial charge in [0.1, 0.15) is 10.8 Å². The van der Waals surface area contributed by atoms with Crippen LogP contribution in [-0.2, 0) is 43.0 Å². The predicted molar refractivity (Wildman–Crippen MR) is 257 cm³/mol. The zero-order chi connectivity index (χ0) is 51.3. The van der Waals surface area contributed by atoms with E-state index in [4.69, 9.17) is 9.47 Å². The van der Waals surface area contributed by atoms with Crippen molar-refractivity contribution in [2.24, 2.45) is 87.3 Å². The summed E-state index contributed by atoms with van der Waals surface area (Å²) in [6.45, 7) is 21.3. The number of hydrogen-bond donors (Lipinski definition) is 5. The van der Waals surface area contributed by atoms with Gasteiger partial charge >= 0.3 is 0 Å². The molecule has 0 unspecified atom stereocenters. The lowest BCUT2D eigenvalue weighted by molar-refractivity contribution is -0.383. The standard InChI is InChI=1S/C57H72N2O12/c1-22(2)16-33-39-28(9)26(7)20-31-18-25(6)13-15-36(61)45-38-37(48(64)53(31,39)51(66)58-33)46-41-30(11)47(63)56(68)42-43(55(41,50(38)70-46)57(56,69)71-45)49(65)54-32(19-24(5)12-14-35(60)44(42)62)21-27(8)29(10)40(54)34(17-23(3)4)59-52(54)67/h18-23,28-29,31-34,36-40,42-43,45-46,50,61,68-69H,12-17H2,1-11H3,(H,58,66)(H,59,67)/t28-,29-,31+,32+,33+,34+,36-,37+,38-,39+,40+,42-,43-,45-,46+,50-,53+,54+,55+,56+,57+/m1/s1. The molecule has 5 heterocycles. The highest BCUT2D eigenvalue weighted by atomic mass is 16.7. The number of carbonyl (C=O) groups is 7. The molecule has 1 saturated carbocycles. The van der Waals surface area contributed by atoms with Gasteiger partial charge < -0.3 is 35.4 Å². The van der Waals surface area contributed by atoms with Crippen molar-refractivity contribution in [1.82, 2.24) is 10.6 Å². The molecule has 0 aromatic rings. The molecule has 5 saturated heterocycles. The van der Waals surface area contributed by atoms with Gasteiger partial charge in [-0.2, -0.15) is 0 Å². The molecule has 0 aromatic carbocycles. The summed E-state index contributed by atoms with van der Waals surface area (Å²) in [7, 11) is 0. The molecule has 5 aliphatic heterocycles. The third-order valence-corrected chi connectivity index (χ3v) is 20.7. The summed E-state index contributed by atoms with van der Waals surface area (Å²) in [6, 6.07) is -0.900. The van der Waals surface area contributed by atoms with E-state index in [9.17, 15) is 20.1 Å². The van der Waals surface area contributed by atoms with Gasteiger partial charge in [-0.1, -0.05) is 88.1 Å². The minimum atomic E-state index is -3.30. The van der Waals surface area contributed by atoms with Crippen LogP contribution in [0, 0.1) is 87.3 Å². The van der Waals surface area contributed by atoms with Crippen LogP contribution in [0.15, 0.2) is 57.7 Å². The maximum Gasteiger partial charge on any atom is 0.235 e. The topological polar surface area (TPSA) is 223 Å². The Balaban J connectivity index is 1.19. The van der Waals surface area contributed by atoms with Crippen molar-refractivity contribution in [3.05, 3.63) is 57.7 Å². The first kappa shape index (κ1) is 49.0. The number of amides is 2. The van der Waals surface area contributed by atoms with Crippen LogP contribution >= 0.6 is 0 Å². The van der Waals surface area contributed by atoms with Crippen molar-refractivity contribution >= 4 is 40.7 Å². The number of ketones is 5. The Labute approximate surface area is 416 Å². The van der Waals surface area contributed by atoms with Crippen molar-refractivity contribution in [3.63, 3.8) is 0 Å². The molecule has 21 atom stereocenters. The fourth-order valence-corrected chi connectivity index (χ4v) is 17.9. The van der Waals surface area contributed by atoms with Gasteiger partial charge in [0.05, 0.1) is 41.7 Å². The van der Waals surface area contributed by atoms with E-state index in [1.54, 1.807) is 6.92 Å². The molecule has 6 aliphatic carbocycles. The molecule has 4 bridgehead atoms. The molecule has 6 fully saturated rings. The van der Waals surface area contributed by atoms with Crippen LogP contribution in [-0.4, -0.2) is 104 Å². The van der Waals surface area contributed by atoms with Gasteiger partial charge in [-0.15, -0.1) is 0 Å². The highest BCUT2D eigenvalue weighted by molar-refractivity contribution is 6.40. The normalized spacial score (nSPS) is 49.7. The SMILES string of the molecule is CC1=C[C@H]2C=C(C)[C@@H](C)[C@H]3[C@H](CC(C)C)NC(=O)[C@@]23C(=O)[C@H]2[C@H](C(=O)C(=O)CC1)[C@]1(O)C(=O)C(C)=C3[C@H]4O[C@@H]5[C@H]6[C@H](O[C@@]1(O)[C@]352)[C@H](O)CCC(C)=C[C@H]1C=C(C)[C@@H](C)[C@H]2[C@H](CC(C)C)NC(=O)[C@@]12C(=O)[C@@H]64. The Morgan fingerprint density at radius 3 is 1.76 bits per heavy atom. The van der Waals surface area contributed by atoms with Gasteiger partial charge in [0.2, 0.25) is 23.4 Å². The van der Waals surface area contributed by atoms with Crippen LogP contribution in [0.1, 0.15) is 115 Å². The fourth-order valence-electron chi connectivity index (χ4n) is 17.9. The second-order valence-electron chi connectivity index (χ2n) is 25.1. The van der Waals surface area contributed by atoms with Crippen molar-refractivity contribution in [2.45, 2.75) is 163 Å². The van der Waals surface area contributed by atoms with E-state index in [0.717, 1.165) is 16.7 Å². The summed E-state index contributed by atoms with van der Waals surface area (Å²) < 4.78 is 14.1. The molecular formula is C57H72N2O12. The smallest absolute Gasteiger partial charge is 0.235 e. The van der Waals surface area contributed by atoms with Crippen molar-refractivity contribution in [1.29, 1.82) is 0 Å². The van der Waals surface area contributed by atoms with E-state index in [1.165, 1.54) is 6.92 Å². The quantitative estimate of drug-likeness (QED) is 0.146. The molecule has 11 aliphatic rings. The molecule has 5 N–H and O–H groups in total. The van der Waals surface area contributed by atoms with E-state index >= 15 is 28.8 Å². The first-order valence-electron chi connectivity index (χ1n) is 26.5. The number of aliphatic hydroxyl groups is 3. The van der Waals surface area contributed by atoms with E-state index in [0.29, 0.717) is 18.4 Å². The Morgan fingerprint density at radius 2 is 1.23 bits per heavy atom. The number of rotatable bonds is 4. The zero-order valence-electron chi connectivity index (χ0n) is 43.0. The Morgan fingerprint density at radius 1 is 0.704 bits per heavy atom. The van der Waals surface area contributed by atoms with Crippen LogP contribution in [0.5, 0.6) is 0 Å². The molecule has 382 valence electrons. The lowest BCUT2D eigenvalue weighted by Crippen LogP contribution is -2.78. The van der Waals surface area contributed by atoms with Crippen LogP contribution in [0.3, 0.4) is 0 Å². The third-order valence-electron chi connectivity index (χ3n) is 20.7. The molecule has 14 nitrogen and oxygen atoms in total. The summed E-state index contributed by atoms with van der Waals surface area (Å²) in [4.78, 5) is 110. The zero-order valence-corrected chi connectivity index (χ0v) is 43.0. The van der Waals surface area contributed by atoms with Gasteiger partial charge in [0.15, 0.2) is 28.7 Å². The third kappa shape index (κ3) is 5.59. The molecule has 0 aromatic heterocycles. The minimum Gasteiger partial charge on any atom is -0.390 e. The van der Waals surface area contributed by atoms with E-state index < -0.39 is 146 Å². The first-order chi connectivity index (χ1) is 33.3. The molecule has 3 spiro atoms. The monoisotopic (exact) mass is 977 g/mol. The number of Topliss-reactive ketones (excluding diaryl/α,β-unsaturated/α-hetero) is 5. The Bertz CT molecular complexity index is 2670. The molecule has 2 amide bonds. The van der Waals surface area contributed by atoms with Crippen molar-refractivity contribution in [2.75, 3.05) is 0 Å². The fraction of sp³-hybridized carbons (Fsp3) is 0.702. The second-order valence-corrected chi connectivity index (χ2v) is 25.1. The number of fused-ring (bicyclic) bond motifs is 5. The summed E-state index contributed by atoms with van der Waals surface area (Å²) in [5.41, 5.74) is -5.99. The molecule has 0 radical (unpaired) electrons. The van der Waals surface area contributed by atoms with Gasteiger partial charge in [-0.05, 0) is 102 Å². The number of aliphatic hydroxyl groups excluding tert-OH is 1. The summed E-state index contributed by atoms with van der Waals surface area (Å²) in [5.74, 6) is -18.8. The maximum absolute atomic E-state index is 17.2. The molecule has 11 rings (SSSR count). The predicted octanol–water partition coefficient (Wildman–Crippen LogP) is 4.79. The van der Waals surface area contributed by atoms with E-state index in [2.05, 4.69) is 24.5 Å². The minimum absolute atomic E-state index is 0.000866. The summed E-state index contributed by atoms with van der Waals surface area (Å²) in [6.07, 6.45) is 2.99. The highest BCUT2D eigenvalue weighted by Gasteiger charge is 2.96. The summed E-state index contributed by atoms with van der Waals surface area (Å²) >= 11 is 0. The Kier molecular flexibility index (Phi) is 10.8. The first-order valence-corrected chi connectivity index (χ1v) is 26.5. The number of carbonyl (C=O) groups excluding carboxylic acids is 7. The van der Waals surface area contributed by atoms with Crippen molar-refractivity contribution in [3.8, 4) is 0 Å². The number of allylic oxidation sites excluding steroid dienone is 8. The number of ether oxygens (including phenoxy) is 2. The van der Waals surface area contributed by atoms with Gasteiger partial charge in [0, 0.05) is 54.0 Å². The second kappa shape index (κ2) is 15.7. The molecular weight excluding hydrogens is 905 g/mol.